The van der Waals surface area contributed by atoms with E-state index < -0.39 is 0 Å². The molecule has 0 radical (unpaired) electrons. The number of ether oxygens (including phenoxy) is 1. The van der Waals surface area contributed by atoms with Crippen LogP contribution in [0, 0.1) is 0 Å². The molecule has 148 valence electrons. The van der Waals surface area contributed by atoms with Gasteiger partial charge in [0.2, 0.25) is 17.7 Å². The van der Waals surface area contributed by atoms with Crippen LogP contribution >= 0.6 is 0 Å². The Morgan fingerprint density at radius 2 is 1.54 bits per heavy atom. The van der Waals surface area contributed by atoms with Crippen LogP contribution in [0.15, 0.2) is 48.5 Å². The molecule has 2 N–H and O–H groups in total. The molecule has 3 amide bonds. The number of benzene rings is 2. The molecule has 7 heteroatoms. The first-order chi connectivity index (χ1) is 13.4. The van der Waals surface area contributed by atoms with Gasteiger partial charge in [-0.3, -0.25) is 14.4 Å². The lowest BCUT2D eigenvalue weighted by atomic mass is 10.2. The Morgan fingerprint density at radius 1 is 0.929 bits per heavy atom. The van der Waals surface area contributed by atoms with E-state index in [1.165, 1.54) is 18.7 Å². The van der Waals surface area contributed by atoms with Crippen LogP contribution in [0.1, 0.15) is 27.2 Å². The van der Waals surface area contributed by atoms with E-state index >= 15 is 0 Å². The summed E-state index contributed by atoms with van der Waals surface area (Å²) in [4.78, 5) is 37.0. The van der Waals surface area contributed by atoms with Gasteiger partial charge in [-0.15, -0.1) is 0 Å². The van der Waals surface area contributed by atoms with Crippen LogP contribution < -0.4 is 20.3 Å². The van der Waals surface area contributed by atoms with Gasteiger partial charge in [0.05, 0.1) is 12.3 Å². The molecule has 0 spiro atoms. The molecule has 2 rings (SSSR count). The van der Waals surface area contributed by atoms with E-state index in [-0.39, 0.29) is 30.7 Å². The summed E-state index contributed by atoms with van der Waals surface area (Å²) in [5.41, 5.74) is 1.91. The van der Waals surface area contributed by atoms with Crippen LogP contribution in [0.5, 0.6) is 5.75 Å². The minimum atomic E-state index is -0.215. The number of para-hydroxylation sites is 2. The summed E-state index contributed by atoms with van der Waals surface area (Å²) in [6, 6.07) is 14.1. The molecule has 0 heterocycles. The van der Waals surface area contributed by atoms with E-state index in [2.05, 4.69) is 10.6 Å². The standard InChI is InChI=1S/C21H25N3O4/c1-4-28-20-8-6-5-7-19(20)24(16(3)26)14-13-21(27)23-18-11-9-17(10-12-18)22-15(2)25/h5-12H,4,13-14H2,1-3H3,(H,22,25)(H,23,27). The number of carbonyl (C=O) groups excluding carboxylic acids is 3. The molecule has 0 aliphatic rings. The maximum Gasteiger partial charge on any atom is 0.226 e. The molecule has 0 fully saturated rings. The van der Waals surface area contributed by atoms with Crippen LogP contribution in [-0.4, -0.2) is 30.9 Å². The molecule has 0 aliphatic carbocycles. The monoisotopic (exact) mass is 383 g/mol. The second kappa shape index (κ2) is 10.1. The lowest BCUT2D eigenvalue weighted by Gasteiger charge is -2.23. The minimum Gasteiger partial charge on any atom is -0.492 e. The Morgan fingerprint density at radius 3 is 2.11 bits per heavy atom. The maximum atomic E-state index is 12.3. The third-order valence-electron chi connectivity index (χ3n) is 3.89. The summed E-state index contributed by atoms with van der Waals surface area (Å²) in [6.07, 6.45) is 0.132. The molecule has 0 saturated carbocycles. The van der Waals surface area contributed by atoms with Crippen LogP contribution in [0.2, 0.25) is 0 Å². The Kier molecular flexibility index (Phi) is 7.56. The van der Waals surface area contributed by atoms with Crippen LogP contribution in [0.4, 0.5) is 17.1 Å². The molecule has 28 heavy (non-hydrogen) atoms. The third-order valence-corrected chi connectivity index (χ3v) is 3.89. The zero-order valence-electron chi connectivity index (χ0n) is 16.3. The van der Waals surface area contributed by atoms with Gasteiger partial charge in [-0.25, -0.2) is 0 Å². The topological polar surface area (TPSA) is 87.7 Å². The fraction of sp³-hybridized carbons (Fsp3) is 0.286. The zero-order chi connectivity index (χ0) is 20.5. The van der Waals surface area contributed by atoms with Crippen molar-refractivity contribution >= 4 is 34.8 Å². The van der Waals surface area contributed by atoms with Crippen molar-refractivity contribution in [1.29, 1.82) is 0 Å². The highest BCUT2D eigenvalue weighted by Crippen LogP contribution is 2.28. The van der Waals surface area contributed by atoms with Crippen molar-refractivity contribution < 1.29 is 19.1 Å². The highest BCUT2D eigenvalue weighted by Gasteiger charge is 2.17. The number of nitrogens with zero attached hydrogens (tertiary/aromatic N) is 1. The van der Waals surface area contributed by atoms with Crippen molar-refractivity contribution in [2.75, 3.05) is 28.7 Å². The van der Waals surface area contributed by atoms with Crippen molar-refractivity contribution in [2.45, 2.75) is 27.2 Å². The first-order valence-electron chi connectivity index (χ1n) is 9.08. The van der Waals surface area contributed by atoms with E-state index in [0.29, 0.717) is 29.4 Å². The fourth-order valence-corrected chi connectivity index (χ4v) is 2.68. The normalized spacial score (nSPS) is 10.1. The number of rotatable bonds is 8. The van der Waals surface area contributed by atoms with Gasteiger partial charge >= 0.3 is 0 Å². The number of carbonyl (C=O) groups is 3. The molecule has 0 saturated heterocycles. The van der Waals surface area contributed by atoms with E-state index in [1.54, 1.807) is 36.4 Å². The van der Waals surface area contributed by atoms with Gasteiger partial charge < -0.3 is 20.3 Å². The van der Waals surface area contributed by atoms with Crippen LogP contribution in [0.25, 0.3) is 0 Å². The van der Waals surface area contributed by atoms with Gasteiger partial charge in [-0.2, -0.15) is 0 Å². The Hall–Kier alpha value is -3.35. The summed E-state index contributed by atoms with van der Waals surface area (Å²) in [5.74, 6) is 0.0645. The molecule has 0 aromatic heterocycles. The number of anilines is 3. The van der Waals surface area contributed by atoms with E-state index in [9.17, 15) is 14.4 Å². The van der Waals surface area contributed by atoms with Gasteiger partial charge in [0, 0.05) is 38.2 Å². The Bertz CT molecular complexity index is 834. The van der Waals surface area contributed by atoms with Gasteiger partial charge in [0.1, 0.15) is 5.75 Å². The number of hydrogen-bond acceptors (Lipinski definition) is 4. The van der Waals surface area contributed by atoms with E-state index in [0.717, 1.165) is 0 Å². The average Bonchev–Trinajstić information content (AvgIpc) is 2.64. The summed E-state index contributed by atoms with van der Waals surface area (Å²) < 4.78 is 5.58. The number of amides is 3. The quantitative estimate of drug-likeness (QED) is 0.731. The molecule has 0 aliphatic heterocycles. The molecule has 2 aromatic carbocycles. The minimum absolute atomic E-state index is 0.132. The summed E-state index contributed by atoms with van der Waals surface area (Å²) in [7, 11) is 0. The molecule has 2 aromatic rings. The van der Waals surface area contributed by atoms with E-state index in [4.69, 9.17) is 4.74 Å². The first-order valence-corrected chi connectivity index (χ1v) is 9.08. The lowest BCUT2D eigenvalue weighted by Crippen LogP contribution is -2.32. The molecular weight excluding hydrogens is 358 g/mol. The Balaban J connectivity index is 1.99. The van der Waals surface area contributed by atoms with Gasteiger partial charge in [0.15, 0.2) is 0 Å². The number of hydrogen-bond donors (Lipinski definition) is 2. The lowest BCUT2D eigenvalue weighted by molar-refractivity contribution is -0.117. The smallest absolute Gasteiger partial charge is 0.226 e. The van der Waals surface area contributed by atoms with Crippen molar-refractivity contribution in [3.05, 3.63) is 48.5 Å². The van der Waals surface area contributed by atoms with Gasteiger partial charge in [-0.1, -0.05) is 12.1 Å². The van der Waals surface area contributed by atoms with Crippen molar-refractivity contribution in [3.63, 3.8) is 0 Å². The van der Waals surface area contributed by atoms with Gasteiger partial charge in [0.25, 0.3) is 0 Å². The second-order valence-electron chi connectivity index (χ2n) is 6.13. The second-order valence-corrected chi connectivity index (χ2v) is 6.13. The number of nitrogens with one attached hydrogen (secondary N) is 2. The molecule has 0 unspecified atom stereocenters. The summed E-state index contributed by atoms with van der Waals surface area (Å²) in [5, 5.41) is 5.45. The first kappa shape index (κ1) is 21.0. The van der Waals surface area contributed by atoms with Crippen LogP contribution in [0.3, 0.4) is 0 Å². The Labute approximate surface area is 164 Å². The summed E-state index contributed by atoms with van der Waals surface area (Å²) in [6.45, 7) is 5.48. The largest absolute Gasteiger partial charge is 0.492 e. The third kappa shape index (κ3) is 6.12. The maximum absolute atomic E-state index is 12.3. The predicted octanol–water partition coefficient (Wildman–Crippen LogP) is 3.43. The molecule has 0 atom stereocenters. The summed E-state index contributed by atoms with van der Waals surface area (Å²) >= 11 is 0. The zero-order valence-corrected chi connectivity index (χ0v) is 16.3. The van der Waals surface area contributed by atoms with Crippen molar-refractivity contribution in [3.8, 4) is 5.75 Å². The fourth-order valence-electron chi connectivity index (χ4n) is 2.68. The molecule has 0 bridgehead atoms. The predicted molar refractivity (Wildman–Crippen MR) is 110 cm³/mol. The van der Waals surface area contributed by atoms with Gasteiger partial charge in [-0.05, 0) is 43.3 Å². The SMILES string of the molecule is CCOc1ccccc1N(CCC(=O)Nc1ccc(NC(C)=O)cc1)C(C)=O. The van der Waals surface area contributed by atoms with Crippen LogP contribution in [-0.2, 0) is 14.4 Å². The molecular formula is C21H25N3O4. The van der Waals surface area contributed by atoms with E-state index in [1.807, 2.05) is 19.1 Å². The highest BCUT2D eigenvalue weighted by atomic mass is 16.5. The average molecular weight is 383 g/mol. The van der Waals surface area contributed by atoms with Crippen molar-refractivity contribution in [2.24, 2.45) is 0 Å². The highest BCUT2D eigenvalue weighted by molar-refractivity contribution is 5.96. The van der Waals surface area contributed by atoms with Crippen molar-refractivity contribution in [1.82, 2.24) is 0 Å². The molecule has 7 nitrogen and oxygen atoms in total.